The van der Waals surface area contributed by atoms with E-state index in [9.17, 15) is 13.6 Å². The number of halogens is 2. The van der Waals surface area contributed by atoms with Crippen molar-refractivity contribution in [1.82, 2.24) is 9.97 Å². The Kier molecular flexibility index (Phi) is 3.59. The molecule has 1 N–H and O–H groups in total. The highest BCUT2D eigenvalue weighted by molar-refractivity contribution is 5.77. The molecule has 0 aliphatic rings. The van der Waals surface area contributed by atoms with E-state index >= 15 is 0 Å². The lowest BCUT2D eigenvalue weighted by Gasteiger charge is -2.05. The molecule has 2 rings (SSSR count). The van der Waals surface area contributed by atoms with Crippen LogP contribution in [-0.4, -0.2) is 22.9 Å². The molecule has 0 unspecified atom stereocenters. The Morgan fingerprint density at radius 2 is 2.11 bits per heavy atom. The summed E-state index contributed by atoms with van der Waals surface area (Å²) in [6.45, 7) is 1.43. The van der Waals surface area contributed by atoms with E-state index in [1.165, 1.54) is 20.2 Å². The first kappa shape index (κ1) is 13.2. The van der Waals surface area contributed by atoms with Gasteiger partial charge in [0.15, 0.2) is 11.6 Å². The summed E-state index contributed by atoms with van der Waals surface area (Å²) >= 11 is 0. The van der Waals surface area contributed by atoms with Gasteiger partial charge in [0.05, 0.1) is 25.4 Å². The normalized spacial score (nSPS) is 10.5. The number of H-pyrrole nitrogens is 1. The lowest BCUT2D eigenvalue weighted by molar-refractivity contribution is -0.116. The number of methoxy groups -OCH3 is 1. The highest BCUT2D eigenvalue weighted by Gasteiger charge is 2.14. The summed E-state index contributed by atoms with van der Waals surface area (Å²) in [4.78, 5) is 17.7. The number of nitrogens with one attached hydrogen (secondary N) is 1. The van der Waals surface area contributed by atoms with Crippen molar-refractivity contribution in [3.05, 3.63) is 35.8 Å². The van der Waals surface area contributed by atoms with Gasteiger partial charge in [-0.1, -0.05) is 0 Å². The summed E-state index contributed by atoms with van der Waals surface area (Å²) in [6, 6.07) is 2.00. The first-order chi connectivity index (χ1) is 9.01. The monoisotopic (exact) mass is 266 g/mol. The van der Waals surface area contributed by atoms with Gasteiger partial charge in [0, 0.05) is 11.6 Å². The number of carbonyl (C=O) groups is 1. The maximum atomic E-state index is 13.8. The zero-order valence-corrected chi connectivity index (χ0v) is 10.5. The standard InChI is InChI=1S/C13H12F2N2O2/c1-7(18)3-13-16-6-11(17-13)8-4-10(15)12(19-2)5-9(8)14/h4-6H,3H2,1-2H3,(H,16,17). The van der Waals surface area contributed by atoms with Crippen LogP contribution in [0.5, 0.6) is 5.75 Å². The van der Waals surface area contributed by atoms with Crippen LogP contribution in [0.3, 0.4) is 0 Å². The number of imidazole rings is 1. The van der Waals surface area contributed by atoms with Gasteiger partial charge >= 0.3 is 0 Å². The molecular weight excluding hydrogens is 254 g/mol. The van der Waals surface area contributed by atoms with E-state index in [2.05, 4.69) is 14.7 Å². The van der Waals surface area contributed by atoms with Crippen LogP contribution in [-0.2, 0) is 11.2 Å². The highest BCUT2D eigenvalue weighted by Crippen LogP contribution is 2.27. The van der Waals surface area contributed by atoms with Gasteiger partial charge in [-0.15, -0.1) is 0 Å². The quantitative estimate of drug-likeness (QED) is 0.925. The zero-order valence-electron chi connectivity index (χ0n) is 10.5. The molecule has 19 heavy (non-hydrogen) atoms. The van der Waals surface area contributed by atoms with E-state index in [1.54, 1.807) is 0 Å². The number of ether oxygens (including phenoxy) is 1. The van der Waals surface area contributed by atoms with Crippen LogP contribution in [0.4, 0.5) is 8.78 Å². The average Bonchev–Trinajstić information content (AvgIpc) is 2.79. The minimum atomic E-state index is -0.665. The number of hydrogen-bond donors (Lipinski definition) is 1. The van der Waals surface area contributed by atoms with Crippen molar-refractivity contribution >= 4 is 5.78 Å². The van der Waals surface area contributed by atoms with E-state index in [0.717, 1.165) is 12.1 Å². The molecule has 0 amide bonds. The smallest absolute Gasteiger partial charge is 0.165 e. The van der Waals surface area contributed by atoms with Gasteiger partial charge in [0.1, 0.15) is 17.4 Å². The van der Waals surface area contributed by atoms with Crippen LogP contribution >= 0.6 is 0 Å². The molecule has 1 heterocycles. The van der Waals surface area contributed by atoms with Gasteiger partial charge in [0.25, 0.3) is 0 Å². The molecule has 2 aromatic rings. The molecule has 4 nitrogen and oxygen atoms in total. The molecule has 0 aliphatic carbocycles. The predicted octanol–water partition coefficient (Wildman–Crippen LogP) is 2.50. The third-order valence-electron chi connectivity index (χ3n) is 2.58. The summed E-state index contributed by atoms with van der Waals surface area (Å²) in [6.07, 6.45) is 1.49. The van der Waals surface area contributed by atoms with Crippen LogP contribution < -0.4 is 4.74 Å². The fourth-order valence-corrected chi connectivity index (χ4v) is 1.72. The Morgan fingerprint density at radius 1 is 1.37 bits per heavy atom. The van der Waals surface area contributed by atoms with Gasteiger partial charge in [-0.3, -0.25) is 4.79 Å². The molecule has 0 bridgehead atoms. The molecule has 0 spiro atoms. The first-order valence-corrected chi connectivity index (χ1v) is 5.58. The number of aromatic nitrogens is 2. The molecule has 1 aromatic heterocycles. The molecular formula is C13H12F2N2O2. The van der Waals surface area contributed by atoms with Gasteiger partial charge in [0.2, 0.25) is 0 Å². The highest BCUT2D eigenvalue weighted by atomic mass is 19.1. The van der Waals surface area contributed by atoms with Gasteiger partial charge in [-0.2, -0.15) is 0 Å². The molecule has 6 heteroatoms. The summed E-state index contributed by atoms with van der Waals surface area (Å²) in [7, 11) is 1.26. The largest absolute Gasteiger partial charge is 0.494 e. The van der Waals surface area contributed by atoms with E-state index in [4.69, 9.17) is 0 Å². The molecule has 0 aliphatic heterocycles. The van der Waals surface area contributed by atoms with Crippen molar-refractivity contribution in [3.63, 3.8) is 0 Å². The van der Waals surface area contributed by atoms with Gasteiger partial charge in [-0.25, -0.2) is 13.8 Å². The minimum absolute atomic E-state index is 0.0422. The summed E-state index contributed by atoms with van der Waals surface area (Å²) in [5.41, 5.74) is 0.357. The fourth-order valence-electron chi connectivity index (χ4n) is 1.72. The third-order valence-corrected chi connectivity index (χ3v) is 2.58. The number of Topliss-reactive ketones (excluding diaryl/α,β-unsaturated/α-hetero) is 1. The third kappa shape index (κ3) is 2.78. The van der Waals surface area contributed by atoms with Crippen molar-refractivity contribution < 1.29 is 18.3 Å². The molecule has 0 atom stereocenters. The van der Waals surface area contributed by atoms with Crippen LogP contribution in [0.25, 0.3) is 11.3 Å². The lowest BCUT2D eigenvalue weighted by Crippen LogP contribution is -1.98. The maximum absolute atomic E-state index is 13.8. The Morgan fingerprint density at radius 3 is 2.74 bits per heavy atom. The lowest BCUT2D eigenvalue weighted by atomic mass is 10.1. The van der Waals surface area contributed by atoms with Crippen molar-refractivity contribution in [2.24, 2.45) is 0 Å². The number of ketones is 1. The summed E-state index contributed by atoms with van der Waals surface area (Å²) in [5, 5.41) is 0. The first-order valence-electron chi connectivity index (χ1n) is 5.58. The Labute approximate surface area is 108 Å². The van der Waals surface area contributed by atoms with Crippen molar-refractivity contribution in [3.8, 4) is 17.0 Å². The number of carbonyl (C=O) groups excluding carboxylic acids is 1. The van der Waals surface area contributed by atoms with Crippen LogP contribution in [0.2, 0.25) is 0 Å². The Bertz CT molecular complexity index is 623. The molecule has 0 radical (unpaired) electrons. The number of nitrogens with zero attached hydrogens (tertiary/aromatic N) is 1. The van der Waals surface area contributed by atoms with E-state index in [1.807, 2.05) is 0 Å². The van der Waals surface area contributed by atoms with Crippen LogP contribution in [0, 0.1) is 11.6 Å². The number of hydrogen-bond acceptors (Lipinski definition) is 3. The van der Waals surface area contributed by atoms with E-state index < -0.39 is 11.6 Å². The number of benzene rings is 1. The molecule has 0 saturated heterocycles. The fraction of sp³-hybridized carbons (Fsp3) is 0.231. The maximum Gasteiger partial charge on any atom is 0.165 e. The summed E-state index contributed by atoms with van der Waals surface area (Å²) < 4.78 is 32.1. The minimum Gasteiger partial charge on any atom is -0.494 e. The molecule has 0 saturated carbocycles. The zero-order chi connectivity index (χ0) is 14.0. The Balaban J connectivity index is 2.39. The van der Waals surface area contributed by atoms with Crippen LogP contribution in [0.15, 0.2) is 18.3 Å². The number of aromatic amines is 1. The van der Waals surface area contributed by atoms with E-state index in [0.29, 0.717) is 11.5 Å². The average molecular weight is 266 g/mol. The van der Waals surface area contributed by atoms with Crippen molar-refractivity contribution in [2.45, 2.75) is 13.3 Å². The van der Waals surface area contributed by atoms with Gasteiger partial charge < -0.3 is 9.72 Å². The number of rotatable bonds is 4. The van der Waals surface area contributed by atoms with Gasteiger partial charge in [-0.05, 0) is 13.0 Å². The van der Waals surface area contributed by atoms with E-state index in [-0.39, 0.29) is 23.5 Å². The molecule has 1 aromatic carbocycles. The summed E-state index contributed by atoms with van der Waals surface area (Å²) in [5.74, 6) is -1.11. The molecule has 0 fully saturated rings. The topological polar surface area (TPSA) is 55.0 Å². The molecule has 100 valence electrons. The second-order valence-corrected chi connectivity index (χ2v) is 4.09. The SMILES string of the molecule is COc1cc(F)c(-c2cnc(CC(C)=O)[nH]2)cc1F. The van der Waals surface area contributed by atoms with Crippen molar-refractivity contribution in [1.29, 1.82) is 0 Å². The predicted molar refractivity (Wildman–Crippen MR) is 64.9 cm³/mol. The van der Waals surface area contributed by atoms with Crippen molar-refractivity contribution in [2.75, 3.05) is 7.11 Å². The Hall–Kier alpha value is -2.24. The van der Waals surface area contributed by atoms with Crippen LogP contribution in [0.1, 0.15) is 12.7 Å². The second-order valence-electron chi connectivity index (χ2n) is 4.09. The second kappa shape index (κ2) is 5.17.